The average molecular weight is 263 g/mol. The van der Waals surface area contributed by atoms with Gasteiger partial charge in [-0.2, -0.15) is 0 Å². The van der Waals surface area contributed by atoms with Crippen molar-refractivity contribution < 1.29 is 4.42 Å². The van der Waals surface area contributed by atoms with E-state index in [9.17, 15) is 0 Å². The minimum Gasteiger partial charge on any atom is -0.444 e. The van der Waals surface area contributed by atoms with Gasteiger partial charge in [-0.15, -0.1) is 0 Å². The van der Waals surface area contributed by atoms with Crippen LogP contribution in [0.5, 0.6) is 0 Å². The third-order valence-electron chi connectivity index (χ3n) is 3.06. The van der Waals surface area contributed by atoms with Gasteiger partial charge in [0.05, 0.1) is 24.1 Å². The van der Waals surface area contributed by atoms with Gasteiger partial charge in [0.25, 0.3) is 0 Å². The predicted molar refractivity (Wildman–Crippen MR) is 74.0 cm³/mol. The van der Waals surface area contributed by atoms with Gasteiger partial charge >= 0.3 is 0 Å². The van der Waals surface area contributed by atoms with Crippen LogP contribution < -0.4 is 10.2 Å². The molecule has 0 spiro atoms. The summed E-state index contributed by atoms with van der Waals surface area (Å²) in [4.78, 5) is 10.6. The normalized spacial score (nSPS) is 12.7. The average Bonchev–Trinajstić information content (AvgIpc) is 2.93. The van der Waals surface area contributed by atoms with E-state index in [-0.39, 0.29) is 6.04 Å². The zero-order valence-electron chi connectivity index (χ0n) is 12.1. The zero-order valence-corrected chi connectivity index (χ0v) is 12.1. The molecule has 0 radical (unpaired) electrons. The number of hydrogen-bond acceptors (Lipinski definition) is 5. The SMILES string of the molecule is Cc1cnc(C(C)NCc2cnc(N(C)C)n2C)o1. The van der Waals surface area contributed by atoms with Crippen LogP contribution in [0.2, 0.25) is 0 Å². The van der Waals surface area contributed by atoms with Gasteiger partial charge in [-0.05, 0) is 13.8 Å². The molecule has 1 atom stereocenters. The Bertz CT molecular complexity index is 543. The van der Waals surface area contributed by atoms with Crippen molar-refractivity contribution in [3.8, 4) is 0 Å². The van der Waals surface area contributed by atoms with Crippen LogP contribution in [-0.4, -0.2) is 28.6 Å². The van der Waals surface area contributed by atoms with E-state index >= 15 is 0 Å². The van der Waals surface area contributed by atoms with Crippen LogP contribution in [0.4, 0.5) is 5.95 Å². The van der Waals surface area contributed by atoms with E-state index < -0.39 is 0 Å². The number of nitrogens with one attached hydrogen (secondary N) is 1. The quantitative estimate of drug-likeness (QED) is 0.888. The number of oxazole rings is 1. The van der Waals surface area contributed by atoms with Gasteiger partial charge < -0.3 is 19.2 Å². The van der Waals surface area contributed by atoms with Gasteiger partial charge in [-0.1, -0.05) is 0 Å². The molecule has 0 saturated heterocycles. The summed E-state index contributed by atoms with van der Waals surface area (Å²) in [5, 5.41) is 3.39. The van der Waals surface area contributed by atoms with Crippen molar-refractivity contribution in [3.63, 3.8) is 0 Å². The van der Waals surface area contributed by atoms with Crippen LogP contribution in [0.1, 0.15) is 30.3 Å². The molecule has 0 aliphatic carbocycles. The van der Waals surface area contributed by atoms with Crippen LogP contribution in [0.15, 0.2) is 16.8 Å². The minimum atomic E-state index is 0.0754. The summed E-state index contributed by atoms with van der Waals surface area (Å²) in [6.07, 6.45) is 3.62. The molecule has 0 amide bonds. The highest BCUT2D eigenvalue weighted by atomic mass is 16.4. The molecule has 2 heterocycles. The number of aromatic nitrogens is 3. The van der Waals surface area contributed by atoms with Crippen molar-refractivity contribution in [2.75, 3.05) is 19.0 Å². The molecule has 1 N–H and O–H groups in total. The van der Waals surface area contributed by atoms with Crippen molar-refractivity contribution in [1.82, 2.24) is 19.9 Å². The molecule has 0 aliphatic rings. The van der Waals surface area contributed by atoms with Crippen molar-refractivity contribution in [2.45, 2.75) is 26.4 Å². The first kappa shape index (κ1) is 13.6. The van der Waals surface area contributed by atoms with Crippen molar-refractivity contribution in [1.29, 1.82) is 0 Å². The summed E-state index contributed by atoms with van der Waals surface area (Å²) < 4.78 is 7.57. The summed E-state index contributed by atoms with van der Waals surface area (Å²) in [5.74, 6) is 2.49. The molecule has 6 heteroatoms. The molecule has 0 aromatic carbocycles. The summed E-state index contributed by atoms with van der Waals surface area (Å²) in [6.45, 7) is 4.65. The first-order valence-electron chi connectivity index (χ1n) is 6.32. The number of imidazole rings is 1. The Hall–Kier alpha value is -1.82. The van der Waals surface area contributed by atoms with E-state index in [1.165, 1.54) is 0 Å². The number of aryl methyl sites for hydroxylation is 1. The summed E-state index contributed by atoms with van der Waals surface area (Å²) >= 11 is 0. The Morgan fingerprint density at radius 3 is 2.63 bits per heavy atom. The topological polar surface area (TPSA) is 59.1 Å². The molecular formula is C13H21N5O. The maximum Gasteiger partial charge on any atom is 0.211 e. The van der Waals surface area contributed by atoms with Gasteiger partial charge in [0.1, 0.15) is 5.76 Å². The monoisotopic (exact) mass is 263 g/mol. The van der Waals surface area contributed by atoms with Crippen LogP contribution >= 0.6 is 0 Å². The van der Waals surface area contributed by atoms with E-state index in [4.69, 9.17) is 4.42 Å². The molecule has 0 aliphatic heterocycles. The second-order valence-electron chi connectivity index (χ2n) is 4.91. The third kappa shape index (κ3) is 2.96. The smallest absolute Gasteiger partial charge is 0.211 e. The van der Waals surface area contributed by atoms with Gasteiger partial charge in [0.2, 0.25) is 11.8 Å². The first-order chi connectivity index (χ1) is 8.99. The lowest BCUT2D eigenvalue weighted by Crippen LogP contribution is -2.21. The fourth-order valence-corrected chi connectivity index (χ4v) is 1.93. The lowest BCUT2D eigenvalue weighted by atomic mass is 10.3. The molecule has 1 unspecified atom stereocenters. The highest BCUT2D eigenvalue weighted by molar-refractivity contribution is 5.30. The minimum absolute atomic E-state index is 0.0754. The van der Waals surface area contributed by atoms with E-state index in [0.29, 0.717) is 5.89 Å². The Labute approximate surface area is 113 Å². The number of rotatable bonds is 5. The zero-order chi connectivity index (χ0) is 14.0. The molecular weight excluding hydrogens is 242 g/mol. The van der Waals surface area contributed by atoms with Crippen LogP contribution in [0.25, 0.3) is 0 Å². The Morgan fingerprint density at radius 2 is 2.11 bits per heavy atom. The Balaban J connectivity index is 1.99. The standard InChI is InChI=1S/C13H21N5O/c1-9-6-15-12(19-9)10(2)14-7-11-8-16-13(17(3)4)18(11)5/h6,8,10,14H,7H2,1-5H3. The second-order valence-corrected chi connectivity index (χ2v) is 4.91. The maximum atomic E-state index is 5.50. The summed E-state index contributed by atoms with van der Waals surface area (Å²) in [6, 6.07) is 0.0754. The summed E-state index contributed by atoms with van der Waals surface area (Å²) in [5.41, 5.74) is 1.12. The Morgan fingerprint density at radius 1 is 1.37 bits per heavy atom. The highest BCUT2D eigenvalue weighted by Gasteiger charge is 2.13. The molecule has 2 rings (SSSR count). The molecule has 2 aromatic rings. The third-order valence-corrected chi connectivity index (χ3v) is 3.06. The van der Waals surface area contributed by atoms with Crippen molar-refractivity contribution >= 4 is 5.95 Å². The number of hydrogen-bond donors (Lipinski definition) is 1. The van der Waals surface area contributed by atoms with E-state index in [2.05, 4.69) is 19.9 Å². The van der Waals surface area contributed by atoms with Crippen molar-refractivity contribution in [2.24, 2.45) is 7.05 Å². The highest BCUT2D eigenvalue weighted by Crippen LogP contribution is 2.14. The lowest BCUT2D eigenvalue weighted by molar-refractivity contribution is 0.400. The summed E-state index contributed by atoms with van der Waals surface area (Å²) in [7, 11) is 5.98. The van der Waals surface area contributed by atoms with E-state index in [0.717, 1.165) is 23.9 Å². The molecule has 2 aromatic heterocycles. The number of nitrogens with zero attached hydrogens (tertiary/aromatic N) is 4. The molecule has 0 bridgehead atoms. The van der Waals surface area contributed by atoms with Gasteiger partial charge in [-0.3, -0.25) is 0 Å². The van der Waals surface area contributed by atoms with Gasteiger partial charge in [0, 0.05) is 27.7 Å². The van der Waals surface area contributed by atoms with Crippen molar-refractivity contribution in [3.05, 3.63) is 29.7 Å². The Kier molecular flexibility index (Phi) is 3.90. The molecule has 19 heavy (non-hydrogen) atoms. The van der Waals surface area contributed by atoms with Crippen LogP contribution in [0.3, 0.4) is 0 Å². The fraction of sp³-hybridized carbons (Fsp3) is 0.538. The van der Waals surface area contributed by atoms with Crippen LogP contribution in [-0.2, 0) is 13.6 Å². The lowest BCUT2D eigenvalue weighted by Gasteiger charge is -2.14. The molecule has 0 fully saturated rings. The second kappa shape index (κ2) is 5.44. The predicted octanol–water partition coefficient (Wildman–Crippen LogP) is 1.63. The van der Waals surface area contributed by atoms with E-state index in [1.54, 1.807) is 6.20 Å². The van der Waals surface area contributed by atoms with Gasteiger partial charge in [0.15, 0.2) is 0 Å². The maximum absolute atomic E-state index is 5.50. The first-order valence-corrected chi connectivity index (χ1v) is 6.32. The van der Waals surface area contributed by atoms with Gasteiger partial charge in [-0.25, -0.2) is 9.97 Å². The fourth-order valence-electron chi connectivity index (χ4n) is 1.93. The largest absolute Gasteiger partial charge is 0.444 e. The van der Waals surface area contributed by atoms with Crippen LogP contribution in [0, 0.1) is 6.92 Å². The molecule has 0 saturated carbocycles. The van der Waals surface area contributed by atoms with E-state index in [1.807, 2.05) is 46.1 Å². The molecule has 6 nitrogen and oxygen atoms in total. The molecule has 104 valence electrons. The number of anilines is 1.